The molecule has 0 spiro atoms. The van der Waals surface area contributed by atoms with Crippen molar-refractivity contribution in [2.24, 2.45) is 0 Å². The van der Waals surface area contributed by atoms with Crippen LogP contribution >= 0.6 is 0 Å². The van der Waals surface area contributed by atoms with Crippen LogP contribution in [0.5, 0.6) is 5.75 Å². The van der Waals surface area contributed by atoms with E-state index in [1.807, 2.05) is 0 Å². The summed E-state index contributed by atoms with van der Waals surface area (Å²) >= 11 is 0. The third-order valence-corrected chi connectivity index (χ3v) is 2.97. The fourth-order valence-electron chi connectivity index (χ4n) is 1.82. The third-order valence-electron chi connectivity index (χ3n) is 2.97. The van der Waals surface area contributed by atoms with E-state index in [-0.39, 0.29) is 18.8 Å². The number of hydrogen-bond acceptors (Lipinski definition) is 4. The van der Waals surface area contributed by atoms with Gasteiger partial charge >= 0.3 is 5.97 Å². The molecule has 1 amide bonds. The highest BCUT2D eigenvalue weighted by Gasteiger charge is 2.09. The molecule has 6 heteroatoms. The second kappa shape index (κ2) is 7.93. The first-order valence-electron chi connectivity index (χ1n) is 6.91. The number of carbonyl (C=O) groups excluding carboxylic acids is 2. The van der Waals surface area contributed by atoms with Crippen molar-refractivity contribution in [3.8, 4) is 5.75 Å². The molecule has 0 saturated heterocycles. The molecule has 2 aromatic rings. The van der Waals surface area contributed by atoms with Gasteiger partial charge < -0.3 is 14.8 Å². The van der Waals surface area contributed by atoms with Crippen LogP contribution in [0.2, 0.25) is 0 Å². The van der Waals surface area contributed by atoms with Gasteiger partial charge in [0, 0.05) is 11.8 Å². The van der Waals surface area contributed by atoms with Crippen molar-refractivity contribution in [3.63, 3.8) is 0 Å². The number of amides is 1. The van der Waals surface area contributed by atoms with Crippen LogP contribution < -0.4 is 10.1 Å². The molecule has 0 radical (unpaired) electrons. The quantitative estimate of drug-likeness (QED) is 0.657. The van der Waals surface area contributed by atoms with Crippen molar-refractivity contribution in [2.45, 2.75) is 13.0 Å². The Hall–Kier alpha value is -2.89. The summed E-state index contributed by atoms with van der Waals surface area (Å²) in [5.41, 5.74) is 1.42. The third kappa shape index (κ3) is 5.43. The summed E-state index contributed by atoms with van der Waals surface area (Å²) in [7, 11) is 1.23. The van der Waals surface area contributed by atoms with E-state index in [0.29, 0.717) is 11.4 Å². The van der Waals surface area contributed by atoms with Gasteiger partial charge in [0.2, 0.25) is 5.91 Å². The highest BCUT2D eigenvalue weighted by molar-refractivity contribution is 6.01. The second-order valence-electron chi connectivity index (χ2n) is 4.74. The van der Waals surface area contributed by atoms with Crippen LogP contribution in [-0.4, -0.2) is 19.0 Å². The molecule has 2 aromatic carbocycles. The Morgan fingerprint density at radius 2 is 1.87 bits per heavy atom. The molecule has 120 valence electrons. The normalized spacial score (nSPS) is 10.0. The lowest BCUT2D eigenvalue weighted by atomic mass is 10.2. The van der Waals surface area contributed by atoms with Crippen molar-refractivity contribution >= 4 is 17.6 Å². The topological polar surface area (TPSA) is 64.6 Å². The average molecular weight is 317 g/mol. The Balaban J connectivity index is 1.87. The zero-order chi connectivity index (χ0) is 16.7. The van der Waals surface area contributed by atoms with E-state index in [4.69, 9.17) is 4.74 Å². The highest BCUT2D eigenvalue weighted by Crippen LogP contribution is 2.15. The van der Waals surface area contributed by atoms with Crippen LogP contribution in [0.1, 0.15) is 12.0 Å². The zero-order valence-electron chi connectivity index (χ0n) is 12.5. The van der Waals surface area contributed by atoms with Crippen LogP contribution in [0.3, 0.4) is 0 Å². The largest absolute Gasteiger partial charge is 0.489 e. The van der Waals surface area contributed by atoms with Crippen molar-refractivity contribution in [3.05, 3.63) is 59.9 Å². The Morgan fingerprint density at radius 3 is 2.52 bits per heavy atom. The molecular weight excluding hydrogens is 301 g/mol. The summed E-state index contributed by atoms with van der Waals surface area (Å²) in [6.07, 6.45) is -0.332. The maximum atomic E-state index is 13.0. The van der Waals surface area contributed by atoms with Gasteiger partial charge in [0.1, 0.15) is 24.6 Å². The molecule has 0 fully saturated rings. The molecule has 2 rings (SSSR count). The van der Waals surface area contributed by atoms with Gasteiger partial charge in [-0.15, -0.1) is 0 Å². The molecule has 0 atom stereocenters. The fraction of sp³-hybridized carbons (Fsp3) is 0.176. The van der Waals surface area contributed by atoms with E-state index in [1.54, 1.807) is 36.4 Å². The van der Waals surface area contributed by atoms with Crippen molar-refractivity contribution < 1.29 is 23.5 Å². The van der Waals surface area contributed by atoms with Gasteiger partial charge in [0.05, 0.1) is 7.11 Å². The fourth-order valence-corrected chi connectivity index (χ4v) is 1.82. The van der Waals surface area contributed by atoms with Gasteiger partial charge in [-0.1, -0.05) is 18.2 Å². The molecule has 0 bridgehead atoms. The van der Waals surface area contributed by atoms with E-state index in [2.05, 4.69) is 10.1 Å². The molecule has 0 heterocycles. The molecule has 23 heavy (non-hydrogen) atoms. The van der Waals surface area contributed by atoms with Crippen molar-refractivity contribution in [1.29, 1.82) is 0 Å². The minimum absolute atomic E-state index is 0.278. The summed E-state index contributed by atoms with van der Waals surface area (Å²) < 4.78 is 22.9. The summed E-state index contributed by atoms with van der Waals surface area (Å²) in [4.78, 5) is 22.5. The summed E-state index contributed by atoms with van der Waals surface area (Å²) in [6.45, 7) is 0.278. The van der Waals surface area contributed by atoms with E-state index in [1.165, 1.54) is 19.2 Å². The predicted octanol–water partition coefficient (Wildman–Crippen LogP) is 2.91. The number of carbonyl (C=O) groups is 2. The number of ether oxygens (including phenoxy) is 2. The standard InChI is InChI=1S/C17H16FNO4/c1-22-17(21)10-16(20)19-14-7-5-12(6-8-14)11-23-15-4-2-3-13(18)9-15/h2-9H,10-11H2,1H3,(H,19,20). The molecule has 0 aliphatic heterocycles. The van der Waals surface area contributed by atoms with E-state index in [9.17, 15) is 14.0 Å². The number of methoxy groups -OCH3 is 1. The van der Waals surface area contributed by atoms with Gasteiger partial charge in [0.15, 0.2) is 0 Å². The number of rotatable bonds is 6. The number of esters is 1. The maximum Gasteiger partial charge on any atom is 0.315 e. The Kier molecular flexibility index (Phi) is 5.68. The van der Waals surface area contributed by atoms with Gasteiger partial charge in [-0.2, -0.15) is 0 Å². The van der Waals surface area contributed by atoms with Gasteiger partial charge in [0.25, 0.3) is 0 Å². The average Bonchev–Trinajstić information content (AvgIpc) is 2.54. The number of benzene rings is 2. The Labute approximate surface area is 133 Å². The zero-order valence-corrected chi connectivity index (χ0v) is 12.5. The van der Waals surface area contributed by atoms with Crippen LogP contribution in [0.4, 0.5) is 10.1 Å². The maximum absolute atomic E-state index is 13.0. The van der Waals surface area contributed by atoms with Crippen molar-refractivity contribution in [2.75, 3.05) is 12.4 Å². The highest BCUT2D eigenvalue weighted by atomic mass is 19.1. The first-order valence-corrected chi connectivity index (χ1v) is 6.91. The second-order valence-corrected chi connectivity index (χ2v) is 4.74. The molecule has 1 N–H and O–H groups in total. The first kappa shape index (κ1) is 16.5. The number of nitrogens with one attached hydrogen (secondary N) is 1. The summed E-state index contributed by atoms with van der Waals surface area (Å²) in [5.74, 6) is -0.949. The predicted molar refractivity (Wildman–Crippen MR) is 82.4 cm³/mol. The Morgan fingerprint density at radius 1 is 1.13 bits per heavy atom. The molecular formula is C17H16FNO4. The molecule has 0 unspecified atom stereocenters. The lowest BCUT2D eigenvalue weighted by molar-refractivity contribution is -0.142. The van der Waals surface area contributed by atoms with Gasteiger partial charge in [-0.3, -0.25) is 9.59 Å². The molecule has 0 aromatic heterocycles. The van der Waals surface area contributed by atoms with E-state index in [0.717, 1.165) is 5.56 Å². The Bertz CT molecular complexity index is 685. The van der Waals surface area contributed by atoms with Crippen LogP contribution in [0, 0.1) is 5.82 Å². The molecule has 5 nitrogen and oxygen atoms in total. The first-order chi connectivity index (χ1) is 11.1. The monoisotopic (exact) mass is 317 g/mol. The lowest BCUT2D eigenvalue weighted by Gasteiger charge is -2.08. The van der Waals surface area contributed by atoms with Crippen LogP contribution in [0.25, 0.3) is 0 Å². The SMILES string of the molecule is COC(=O)CC(=O)Nc1ccc(COc2cccc(F)c2)cc1. The van der Waals surface area contributed by atoms with E-state index >= 15 is 0 Å². The van der Waals surface area contributed by atoms with E-state index < -0.39 is 11.9 Å². The molecule has 0 saturated carbocycles. The number of anilines is 1. The summed E-state index contributed by atoms with van der Waals surface area (Å²) in [5, 5.41) is 2.59. The van der Waals surface area contributed by atoms with Crippen LogP contribution in [-0.2, 0) is 20.9 Å². The molecule has 0 aliphatic rings. The smallest absolute Gasteiger partial charge is 0.315 e. The van der Waals surface area contributed by atoms with Gasteiger partial charge in [-0.25, -0.2) is 4.39 Å². The minimum atomic E-state index is -0.595. The lowest BCUT2D eigenvalue weighted by Crippen LogP contribution is -2.17. The summed E-state index contributed by atoms with van der Waals surface area (Å²) in [6, 6.07) is 12.8. The van der Waals surface area contributed by atoms with Crippen LogP contribution in [0.15, 0.2) is 48.5 Å². The molecule has 0 aliphatic carbocycles. The van der Waals surface area contributed by atoms with Crippen molar-refractivity contribution in [1.82, 2.24) is 0 Å². The number of hydrogen-bond donors (Lipinski definition) is 1. The van der Waals surface area contributed by atoms with Gasteiger partial charge in [-0.05, 0) is 29.8 Å². The number of halogens is 1. The minimum Gasteiger partial charge on any atom is -0.489 e.